The van der Waals surface area contributed by atoms with Crippen molar-refractivity contribution in [1.29, 1.82) is 0 Å². The zero-order valence-electron chi connectivity index (χ0n) is 8.50. The molecule has 0 spiro atoms. The van der Waals surface area contributed by atoms with E-state index in [2.05, 4.69) is 20.6 Å². The van der Waals surface area contributed by atoms with E-state index in [0.717, 1.165) is 30.8 Å². The molecule has 1 aromatic rings. The summed E-state index contributed by atoms with van der Waals surface area (Å²) in [6.45, 7) is 0. The molecule has 1 rings (SSSR count). The number of anilines is 1. The van der Waals surface area contributed by atoms with Crippen LogP contribution in [0.3, 0.4) is 0 Å². The molecule has 0 radical (unpaired) electrons. The molecule has 1 atom stereocenters. The van der Waals surface area contributed by atoms with E-state index in [-0.39, 0.29) is 6.04 Å². The number of imidazole rings is 1. The van der Waals surface area contributed by atoms with Crippen molar-refractivity contribution in [3.63, 3.8) is 0 Å². The summed E-state index contributed by atoms with van der Waals surface area (Å²) >= 11 is 0. The Morgan fingerprint density at radius 1 is 1.64 bits per heavy atom. The average Bonchev–Trinajstić information content (AvgIpc) is 2.67. The first-order valence-corrected chi connectivity index (χ1v) is 4.64. The minimum absolute atomic E-state index is 0.0728. The van der Waals surface area contributed by atoms with Gasteiger partial charge in [-0.15, -0.1) is 0 Å². The second kappa shape index (κ2) is 5.39. The summed E-state index contributed by atoms with van der Waals surface area (Å²) in [5, 5.41) is 5.84. The first-order valence-electron chi connectivity index (χ1n) is 4.64. The molecule has 1 unspecified atom stereocenters. The zero-order valence-corrected chi connectivity index (χ0v) is 8.50. The lowest BCUT2D eigenvalue weighted by Crippen LogP contribution is -2.27. The van der Waals surface area contributed by atoms with E-state index in [1.165, 1.54) is 0 Å². The summed E-state index contributed by atoms with van der Waals surface area (Å²) in [5.74, 6) is 0.757. The van der Waals surface area contributed by atoms with E-state index in [9.17, 15) is 4.79 Å². The molecule has 3 N–H and O–H groups in total. The second-order valence-corrected chi connectivity index (χ2v) is 3.08. The van der Waals surface area contributed by atoms with E-state index >= 15 is 0 Å². The van der Waals surface area contributed by atoms with Crippen molar-refractivity contribution in [3.8, 4) is 0 Å². The molecule has 1 heterocycles. The fourth-order valence-electron chi connectivity index (χ4n) is 1.20. The lowest BCUT2D eigenvalue weighted by molar-refractivity contribution is -0.109. The number of carbonyl (C=O) groups is 1. The van der Waals surface area contributed by atoms with Gasteiger partial charge in [0.2, 0.25) is 0 Å². The monoisotopic (exact) mass is 196 g/mol. The largest absolute Gasteiger partial charge is 0.359 e. The van der Waals surface area contributed by atoms with Crippen LogP contribution in [0.1, 0.15) is 12.1 Å². The van der Waals surface area contributed by atoms with Gasteiger partial charge in [-0.05, 0) is 19.9 Å². The van der Waals surface area contributed by atoms with Crippen LogP contribution in [0.15, 0.2) is 6.20 Å². The van der Waals surface area contributed by atoms with Crippen molar-refractivity contribution in [2.24, 2.45) is 0 Å². The number of hydrogen-bond acceptors (Lipinski definition) is 4. The number of likely N-dealkylation sites (N-methyl/N-ethyl adjacent to an activating group) is 1. The molecule has 0 bridgehead atoms. The molecule has 5 nitrogen and oxygen atoms in total. The van der Waals surface area contributed by atoms with Gasteiger partial charge in [0.05, 0.1) is 12.2 Å². The minimum Gasteiger partial charge on any atom is -0.359 e. The number of nitrogens with zero attached hydrogens (tertiary/aromatic N) is 1. The van der Waals surface area contributed by atoms with Crippen molar-refractivity contribution in [2.75, 3.05) is 19.4 Å². The van der Waals surface area contributed by atoms with Crippen molar-refractivity contribution >= 4 is 12.2 Å². The summed E-state index contributed by atoms with van der Waals surface area (Å²) < 4.78 is 0. The van der Waals surface area contributed by atoms with Crippen LogP contribution in [0.25, 0.3) is 0 Å². The van der Waals surface area contributed by atoms with Gasteiger partial charge in [0, 0.05) is 12.7 Å². The van der Waals surface area contributed by atoms with Crippen LogP contribution in [0.4, 0.5) is 5.95 Å². The molecule has 0 fully saturated rings. The number of carbonyl (C=O) groups excluding carboxylic acids is 1. The first kappa shape index (κ1) is 10.7. The van der Waals surface area contributed by atoms with Gasteiger partial charge in [-0.1, -0.05) is 0 Å². The summed E-state index contributed by atoms with van der Waals surface area (Å²) in [4.78, 5) is 17.7. The predicted octanol–water partition coefficient (Wildman–Crippen LogP) is 0.171. The van der Waals surface area contributed by atoms with E-state index in [4.69, 9.17) is 0 Å². The van der Waals surface area contributed by atoms with E-state index in [1.54, 1.807) is 13.2 Å². The van der Waals surface area contributed by atoms with Crippen molar-refractivity contribution in [3.05, 3.63) is 11.9 Å². The van der Waals surface area contributed by atoms with E-state index in [1.807, 2.05) is 7.05 Å². The molecule has 78 valence electrons. The zero-order chi connectivity index (χ0) is 10.4. The van der Waals surface area contributed by atoms with E-state index in [0.29, 0.717) is 0 Å². The molecule has 0 saturated carbocycles. The van der Waals surface area contributed by atoms with Crippen LogP contribution in [0.2, 0.25) is 0 Å². The Kier molecular flexibility index (Phi) is 4.12. The minimum atomic E-state index is -0.0728. The average molecular weight is 196 g/mol. The van der Waals surface area contributed by atoms with Crippen LogP contribution in [0, 0.1) is 0 Å². The summed E-state index contributed by atoms with van der Waals surface area (Å²) in [7, 11) is 3.59. The quantitative estimate of drug-likeness (QED) is 0.567. The van der Waals surface area contributed by atoms with E-state index < -0.39 is 0 Å². The highest BCUT2D eigenvalue weighted by Gasteiger charge is 2.05. The molecular formula is C9H16N4O. The lowest BCUT2D eigenvalue weighted by Gasteiger charge is -2.06. The molecular weight excluding hydrogens is 180 g/mol. The van der Waals surface area contributed by atoms with Gasteiger partial charge in [0.15, 0.2) is 5.95 Å². The van der Waals surface area contributed by atoms with Gasteiger partial charge in [-0.25, -0.2) is 4.98 Å². The molecule has 0 saturated heterocycles. The van der Waals surface area contributed by atoms with Crippen LogP contribution in [-0.2, 0) is 11.2 Å². The van der Waals surface area contributed by atoms with Crippen LogP contribution in [-0.4, -0.2) is 36.4 Å². The molecule has 0 amide bonds. The van der Waals surface area contributed by atoms with Gasteiger partial charge >= 0.3 is 0 Å². The molecule has 0 aromatic carbocycles. The summed E-state index contributed by atoms with van der Waals surface area (Å²) in [6.07, 6.45) is 4.31. The van der Waals surface area contributed by atoms with Crippen LogP contribution >= 0.6 is 0 Å². The Labute approximate surface area is 83.3 Å². The number of aromatic amines is 1. The third-order valence-electron chi connectivity index (χ3n) is 2.12. The number of hydrogen-bond donors (Lipinski definition) is 3. The second-order valence-electron chi connectivity index (χ2n) is 3.08. The lowest BCUT2D eigenvalue weighted by atomic mass is 10.1. The number of aryl methyl sites for hydroxylation is 1. The number of aldehydes is 1. The van der Waals surface area contributed by atoms with Gasteiger partial charge in [-0.2, -0.15) is 0 Å². The highest BCUT2D eigenvalue weighted by Crippen LogP contribution is 2.04. The Morgan fingerprint density at radius 3 is 2.93 bits per heavy atom. The SMILES string of the molecule is CNc1ncc(CCC(C=O)NC)[nH]1. The number of aromatic nitrogens is 2. The van der Waals surface area contributed by atoms with Gasteiger partial charge in [-0.3, -0.25) is 0 Å². The van der Waals surface area contributed by atoms with Gasteiger partial charge in [0.1, 0.15) is 6.29 Å². The molecule has 1 aromatic heterocycles. The standard InChI is InChI=1S/C9H16N4O/c1-10-8(6-14)4-3-7-5-12-9(11-2)13-7/h5-6,8,10H,3-4H2,1-2H3,(H2,11,12,13). The predicted molar refractivity (Wildman–Crippen MR) is 55.4 cm³/mol. The Bertz CT molecular complexity index is 284. The van der Waals surface area contributed by atoms with Crippen LogP contribution < -0.4 is 10.6 Å². The summed E-state index contributed by atoms with van der Waals surface area (Å²) in [6, 6.07) is -0.0728. The Hall–Kier alpha value is -1.36. The molecule has 14 heavy (non-hydrogen) atoms. The third kappa shape index (κ3) is 2.85. The third-order valence-corrected chi connectivity index (χ3v) is 2.12. The maximum Gasteiger partial charge on any atom is 0.200 e. The van der Waals surface area contributed by atoms with Gasteiger partial charge in [0.25, 0.3) is 0 Å². The van der Waals surface area contributed by atoms with Gasteiger partial charge < -0.3 is 20.4 Å². The van der Waals surface area contributed by atoms with Crippen LogP contribution in [0.5, 0.6) is 0 Å². The fourth-order valence-corrected chi connectivity index (χ4v) is 1.20. The fraction of sp³-hybridized carbons (Fsp3) is 0.556. The first-order chi connectivity index (χ1) is 6.80. The number of rotatable bonds is 6. The number of nitrogens with one attached hydrogen (secondary N) is 3. The molecule has 0 aliphatic heterocycles. The Balaban J connectivity index is 2.40. The van der Waals surface area contributed by atoms with Crippen molar-refractivity contribution in [1.82, 2.24) is 15.3 Å². The highest BCUT2D eigenvalue weighted by molar-refractivity contribution is 5.57. The molecule has 0 aliphatic carbocycles. The maximum atomic E-state index is 10.5. The topological polar surface area (TPSA) is 69.8 Å². The molecule has 0 aliphatic rings. The molecule has 5 heteroatoms. The van der Waals surface area contributed by atoms with Crippen molar-refractivity contribution < 1.29 is 4.79 Å². The summed E-state index contributed by atoms with van der Waals surface area (Å²) in [5.41, 5.74) is 1.04. The van der Waals surface area contributed by atoms with Crippen molar-refractivity contribution in [2.45, 2.75) is 18.9 Å². The highest BCUT2D eigenvalue weighted by atomic mass is 16.1. The smallest absolute Gasteiger partial charge is 0.200 e. The Morgan fingerprint density at radius 2 is 2.43 bits per heavy atom. The maximum absolute atomic E-state index is 10.5. The number of H-pyrrole nitrogens is 1. The normalized spacial score (nSPS) is 12.4.